The van der Waals surface area contributed by atoms with Crippen LogP contribution in [0.4, 0.5) is 0 Å². The topological polar surface area (TPSA) is 42.3 Å². The van der Waals surface area contributed by atoms with Crippen LogP contribution in [0.1, 0.15) is 26.7 Å². The molecule has 1 N–H and O–H groups in total. The second kappa shape index (κ2) is 6.39. The lowest BCUT2D eigenvalue weighted by Gasteiger charge is -2.04. The SMILES string of the molecule is CCCCOC(=N)OCC. The molecular weight excluding hydrogens is 130 g/mol. The lowest BCUT2D eigenvalue weighted by Crippen LogP contribution is -2.08. The Hall–Kier alpha value is -0.730. The summed E-state index contributed by atoms with van der Waals surface area (Å²) in [5.74, 6) is 0. The third-order valence-electron chi connectivity index (χ3n) is 1.01. The van der Waals surface area contributed by atoms with Gasteiger partial charge in [-0.3, -0.25) is 0 Å². The molecule has 0 aromatic carbocycles. The summed E-state index contributed by atoms with van der Waals surface area (Å²) >= 11 is 0. The van der Waals surface area contributed by atoms with Crippen molar-refractivity contribution in [2.45, 2.75) is 26.7 Å². The van der Waals surface area contributed by atoms with Crippen molar-refractivity contribution in [2.75, 3.05) is 13.2 Å². The van der Waals surface area contributed by atoms with Gasteiger partial charge in [-0.1, -0.05) is 13.3 Å². The number of rotatable bonds is 4. The zero-order valence-corrected chi connectivity index (χ0v) is 6.64. The average Bonchev–Trinajstić information content (AvgIpc) is 1.89. The van der Waals surface area contributed by atoms with Gasteiger partial charge in [0.1, 0.15) is 0 Å². The first-order chi connectivity index (χ1) is 4.81. The van der Waals surface area contributed by atoms with Gasteiger partial charge in [-0.15, -0.1) is 0 Å². The fourth-order valence-electron chi connectivity index (χ4n) is 0.482. The molecule has 0 aromatic rings. The number of nitrogens with one attached hydrogen (secondary N) is 1. The van der Waals surface area contributed by atoms with Crippen LogP contribution in [-0.2, 0) is 9.47 Å². The van der Waals surface area contributed by atoms with Crippen LogP contribution in [0, 0.1) is 5.41 Å². The van der Waals surface area contributed by atoms with E-state index in [1.165, 1.54) is 0 Å². The Morgan fingerprint density at radius 3 is 2.50 bits per heavy atom. The molecule has 0 aromatic heterocycles. The molecule has 0 bridgehead atoms. The van der Waals surface area contributed by atoms with Gasteiger partial charge in [0, 0.05) is 0 Å². The van der Waals surface area contributed by atoms with Gasteiger partial charge in [0.2, 0.25) is 0 Å². The third kappa shape index (κ3) is 5.41. The van der Waals surface area contributed by atoms with Gasteiger partial charge in [-0.25, -0.2) is 5.41 Å². The molecule has 0 saturated heterocycles. The van der Waals surface area contributed by atoms with Gasteiger partial charge in [0.25, 0.3) is 0 Å². The molecular formula is C7H15NO2. The first-order valence-corrected chi connectivity index (χ1v) is 3.65. The molecule has 0 fully saturated rings. The van der Waals surface area contributed by atoms with E-state index in [-0.39, 0.29) is 6.08 Å². The average molecular weight is 145 g/mol. The van der Waals surface area contributed by atoms with Crippen LogP contribution in [0.3, 0.4) is 0 Å². The third-order valence-corrected chi connectivity index (χ3v) is 1.01. The predicted octanol–water partition coefficient (Wildman–Crippen LogP) is 1.77. The molecule has 0 aliphatic carbocycles. The number of unbranched alkanes of at least 4 members (excludes halogenated alkanes) is 1. The summed E-state index contributed by atoms with van der Waals surface area (Å²) in [6, 6.07) is 0. The maximum Gasteiger partial charge on any atom is 0.380 e. The molecule has 0 heterocycles. The number of hydrogen-bond donors (Lipinski definition) is 1. The van der Waals surface area contributed by atoms with Crippen LogP contribution in [0.5, 0.6) is 0 Å². The van der Waals surface area contributed by atoms with Crippen molar-refractivity contribution >= 4 is 6.08 Å². The molecule has 0 spiro atoms. The van der Waals surface area contributed by atoms with Crippen molar-refractivity contribution < 1.29 is 9.47 Å². The molecule has 60 valence electrons. The quantitative estimate of drug-likeness (QED) is 0.372. The summed E-state index contributed by atoms with van der Waals surface area (Å²) in [7, 11) is 0. The normalized spacial score (nSPS) is 9.00. The van der Waals surface area contributed by atoms with Crippen molar-refractivity contribution in [3.63, 3.8) is 0 Å². The van der Waals surface area contributed by atoms with Gasteiger partial charge in [-0.05, 0) is 13.3 Å². The molecule has 0 atom stereocenters. The van der Waals surface area contributed by atoms with E-state index in [1.807, 2.05) is 6.92 Å². The van der Waals surface area contributed by atoms with Gasteiger partial charge in [-0.2, -0.15) is 0 Å². The maximum absolute atomic E-state index is 7.02. The summed E-state index contributed by atoms with van der Waals surface area (Å²) in [4.78, 5) is 0. The smallest absolute Gasteiger partial charge is 0.380 e. The van der Waals surface area contributed by atoms with Crippen LogP contribution >= 0.6 is 0 Å². The van der Waals surface area contributed by atoms with Gasteiger partial charge in [0.15, 0.2) is 0 Å². The minimum atomic E-state index is -0.0593. The first kappa shape index (κ1) is 9.27. The van der Waals surface area contributed by atoms with Crippen molar-refractivity contribution in [3.05, 3.63) is 0 Å². The molecule has 0 saturated carbocycles. The lowest BCUT2D eigenvalue weighted by atomic mass is 10.4. The number of ether oxygens (including phenoxy) is 2. The fourth-order valence-corrected chi connectivity index (χ4v) is 0.482. The zero-order chi connectivity index (χ0) is 7.82. The second-order valence-electron chi connectivity index (χ2n) is 1.92. The monoisotopic (exact) mass is 145 g/mol. The Bertz CT molecular complexity index is 93.6. The van der Waals surface area contributed by atoms with E-state index in [0.717, 1.165) is 12.8 Å². The summed E-state index contributed by atoms with van der Waals surface area (Å²) in [5, 5.41) is 7.02. The Morgan fingerprint density at radius 1 is 1.30 bits per heavy atom. The number of hydrogen-bond acceptors (Lipinski definition) is 3. The Morgan fingerprint density at radius 2 is 2.00 bits per heavy atom. The Kier molecular flexibility index (Phi) is 5.92. The van der Waals surface area contributed by atoms with E-state index in [1.54, 1.807) is 0 Å². The van der Waals surface area contributed by atoms with Gasteiger partial charge >= 0.3 is 6.08 Å². The zero-order valence-electron chi connectivity index (χ0n) is 6.64. The van der Waals surface area contributed by atoms with Crippen LogP contribution < -0.4 is 0 Å². The highest BCUT2D eigenvalue weighted by atomic mass is 16.7. The summed E-state index contributed by atoms with van der Waals surface area (Å²) in [6.45, 7) is 5.01. The van der Waals surface area contributed by atoms with E-state index >= 15 is 0 Å². The van der Waals surface area contributed by atoms with Crippen LogP contribution in [-0.4, -0.2) is 19.3 Å². The maximum atomic E-state index is 7.02. The van der Waals surface area contributed by atoms with E-state index in [0.29, 0.717) is 13.2 Å². The van der Waals surface area contributed by atoms with Crippen molar-refractivity contribution in [3.8, 4) is 0 Å². The Labute approximate surface area is 61.8 Å². The van der Waals surface area contributed by atoms with Crippen molar-refractivity contribution in [1.82, 2.24) is 0 Å². The second-order valence-corrected chi connectivity index (χ2v) is 1.92. The summed E-state index contributed by atoms with van der Waals surface area (Å²) in [6.07, 6.45) is 2.01. The lowest BCUT2D eigenvalue weighted by molar-refractivity contribution is 0.167. The van der Waals surface area contributed by atoms with E-state index in [9.17, 15) is 0 Å². The molecule has 0 rings (SSSR count). The van der Waals surface area contributed by atoms with Crippen LogP contribution in [0.2, 0.25) is 0 Å². The molecule has 3 heteroatoms. The Balaban J connectivity index is 3.05. The molecule has 0 aliphatic heterocycles. The van der Waals surface area contributed by atoms with Gasteiger partial charge < -0.3 is 9.47 Å². The summed E-state index contributed by atoms with van der Waals surface area (Å²) < 4.78 is 9.63. The van der Waals surface area contributed by atoms with Gasteiger partial charge in [0.05, 0.1) is 13.2 Å². The predicted molar refractivity (Wildman–Crippen MR) is 40.2 cm³/mol. The minimum absolute atomic E-state index is 0.0593. The first-order valence-electron chi connectivity index (χ1n) is 3.65. The molecule has 3 nitrogen and oxygen atoms in total. The van der Waals surface area contributed by atoms with Crippen LogP contribution in [0.25, 0.3) is 0 Å². The van der Waals surface area contributed by atoms with E-state index < -0.39 is 0 Å². The summed E-state index contributed by atoms with van der Waals surface area (Å²) in [5.41, 5.74) is 0. The molecule has 10 heavy (non-hydrogen) atoms. The highest BCUT2D eigenvalue weighted by Gasteiger charge is 1.93. The molecule has 0 amide bonds. The fraction of sp³-hybridized carbons (Fsp3) is 0.857. The highest BCUT2D eigenvalue weighted by molar-refractivity contribution is 5.62. The van der Waals surface area contributed by atoms with Crippen molar-refractivity contribution in [2.24, 2.45) is 0 Å². The molecule has 0 unspecified atom stereocenters. The highest BCUT2D eigenvalue weighted by Crippen LogP contribution is 1.89. The molecule has 0 aliphatic rings. The van der Waals surface area contributed by atoms with Crippen LogP contribution in [0.15, 0.2) is 0 Å². The van der Waals surface area contributed by atoms with E-state index in [2.05, 4.69) is 6.92 Å². The largest absolute Gasteiger partial charge is 0.451 e. The van der Waals surface area contributed by atoms with E-state index in [4.69, 9.17) is 14.9 Å². The minimum Gasteiger partial charge on any atom is -0.451 e. The van der Waals surface area contributed by atoms with Crippen molar-refractivity contribution in [1.29, 1.82) is 5.41 Å². The standard InChI is InChI=1S/C7H15NO2/c1-3-5-6-10-7(8)9-4-2/h8H,3-6H2,1-2H3. The molecule has 0 radical (unpaired) electrons.